The van der Waals surface area contributed by atoms with Crippen molar-refractivity contribution < 1.29 is 4.79 Å². The molecule has 0 aromatic heterocycles. The van der Waals surface area contributed by atoms with Gasteiger partial charge in [-0.2, -0.15) is 0 Å². The molecule has 3 saturated carbocycles. The summed E-state index contributed by atoms with van der Waals surface area (Å²) in [4.78, 5) is 12.7. The summed E-state index contributed by atoms with van der Waals surface area (Å²) in [5.41, 5.74) is 0.364. The monoisotopic (exact) mass is 430 g/mol. The Morgan fingerprint density at radius 1 is 0.710 bits per heavy atom. The molecule has 0 aromatic carbocycles. The molecule has 0 N–H and O–H groups in total. The molecule has 3 fully saturated rings. The molecule has 180 valence electrons. The van der Waals surface area contributed by atoms with Gasteiger partial charge in [0.2, 0.25) is 0 Å². The fraction of sp³-hybridized carbons (Fsp3) is 0.967. The summed E-state index contributed by atoms with van der Waals surface area (Å²) in [7, 11) is 0. The maximum Gasteiger partial charge on any atom is 0.123 e. The van der Waals surface area contributed by atoms with E-state index in [1.165, 1.54) is 141 Å². The minimum Gasteiger partial charge on any atom is -0.303 e. The van der Waals surface area contributed by atoms with Gasteiger partial charge in [-0.3, -0.25) is 0 Å². The first-order valence-electron chi connectivity index (χ1n) is 14.7. The summed E-state index contributed by atoms with van der Waals surface area (Å²) in [6, 6.07) is 0. The van der Waals surface area contributed by atoms with E-state index >= 15 is 0 Å². The van der Waals surface area contributed by atoms with Crippen LogP contribution < -0.4 is 0 Å². The van der Waals surface area contributed by atoms with Crippen LogP contribution in [-0.4, -0.2) is 6.29 Å². The van der Waals surface area contributed by atoms with Gasteiger partial charge in [0.25, 0.3) is 0 Å². The van der Waals surface area contributed by atoms with E-state index in [0.29, 0.717) is 17.3 Å². The molecule has 1 heteroatoms. The Bertz CT molecular complexity index is 475. The Balaban J connectivity index is 1.62. The van der Waals surface area contributed by atoms with E-state index in [1.54, 1.807) is 0 Å². The highest BCUT2D eigenvalue weighted by molar-refractivity contribution is 5.56. The number of aldehydes is 1. The maximum atomic E-state index is 12.7. The van der Waals surface area contributed by atoms with Gasteiger partial charge in [0.15, 0.2) is 0 Å². The first-order chi connectivity index (χ1) is 15.2. The molecule has 1 nitrogen and oxygen atoms in total. The van der Waals surface area contributed by atoms with Gasteiger partial charge in [-0.05, 0) is 80.5 Å². The lowest BCUT2D eigenvalue weighted by molar-refractivity contribution is -0.125. The Kier molecular flexibility index (Phi) is 10.9. The number of carbonyl (C=O) groups is 1. The van der Waals surface area contributed by atoms with Gasteiger partial charge >= 0.3 is 0 Å². The summed E-state index contributed by atoms with van der Waals surface area (Å²) in [5, 5.41) is 0. The average Bonchev–Trinajstić information content (AvgIpc) is 2.82. The average molecular weight is 431 g/mol. The first-order valence-corrected chi connectivity index (χ1v) is 14.7. The molecule has 1 atom stereocenters. The first kappa shape index (κ1) is 25.3. The van der Waals surface area contributed by atoms with E-state index in [0.717, 1.165) is 17.8 Å². The van der Waals surface area contributed by atoms with Crippen LogP contribution in [0.1, 0.15) is 149 Å². The van der Waals surface area contributed by atoms with Crippen LogP contribution >= 0.6 is 0 Å². The van der Waals surface area contributed by atoms with Crippen LogP contribution in [0.4, 0.5) is 0 Å². The largest absolute Gasteiger partial charge is 0.303 e. The number of carbonyl (C=O) groups excluding carboxylic acids is 1. The second-order valence-corrected chi connectivity index (χ2v) is 11.9. The summed E-state index contributed by atoms with van der Waals surface area (Å²) in [5.74, 6) is 3.80. The summed E-state index contributed by atoms with van der Waals surface area (Å²) < 4.78 is 0. The quantitative estimate of drug-likeness (QED) is 0.222. The zero-order valence-corrected chi connectivity index (χ0v) is 21.2. The number of hydrogen-bond donors (Lipinski definition) is 0. The van der Waals surface area contributed by atoms with Gasteiger partial charge in [-0.25, -0.2) is 0 Å². The Labute approximate surface area is 194 Å². The van der Waals surface area contributed by atoms with Crippen LogP contribution in [0.15, 0.2) is 0 Å². The number of hydrogen-bond acceptors (Lipinski definition) is 1. The van der Waals surface area contributed by atoms with Crippen molar-refractivity contribution in [3.63, 3.8) is 0 Å². The number of rotatable bonds is 12. The Morgan fingerprint density at radius 2 is 1.35 bits per heavy atom. The molecule has 0 amide bonds. The minimum atomic E-state index is 0.364. The summed E-state index contributed by atoms with van der Waals surface area (Å²) >= 11 is 0. The molecule has 0 bridgehead atoms. The Hall–Kier alpha value is -0.330. The molecule has 31 heavy (non-hydrogen) atoms. The molecule has 0 radical (unpaired) electrons. The smallest absolute Gasteiger partial charge is 0.123 e. The second kappa shape index (κ2) is 13.4. The van der Waals surface area contributed by atoms with Crippen LogP contribution in [0.25, 0.3) is 0 Å². The van der Waals surface area contributed by atoms with Crippen LogP contribution in [0.3, 0.4) is 0 Å². The minimum absolute atomic E-state index is 0.364. The van der Waals surface area contributed by atoms with Crippen molar-refractivity contribution in [2.24, 2.45) is 35.0 Å². The predicted octanol–water partition coefficient (Wildman–Crippen LogP) is 9.53. The highest BCUT2D eigenvalue weighted by atomic mass is 16.1. The van der Waals surface area contributed by atoms with E-state index in [9.17, 15) is 4.79 Å². The fourth-order valence-electron chi connectivity index (χ4n) is 8.19. The standard InChI is InChI=1S/C30H54O/c1-3-5-6-7-9-13-26-20-22-30(23-21-26,28-14-10-8-11-15-28)29(24-31)27-18-16-25(12-4-2)17-19-27/h24-29H,3-23H2,1-2H3. The topological polar surface area (TPSA) is 17.1 Å². The molecule has 3 aliphatic rings. The van der Waals surface area contributed by atoms with Crippen molar-refractivity contribution in [2.45, 2.75) is 149 Å². The molecule has 0 spiro atoms. The SMILES string of the molecule is CCCCCCCC1CCC(C2CCCCC2)(C(C=O)C2CCC(CCC)CC2)CC1. The number of unbranched alkanes of at least 4 members (excludes halogenated alkanes) is 4. The van der Waals surface area contributed by atoms with Crippen molar-refractivity contribution in [3.8, 4) is 0 Å². The molecular formula is C30H54O. The van der Waals surface area contributed by atoms with Gasteiger partial charge in [0.05, 0.1) is 0 Å². The zero-order chi connectivity index (χ0) is 21.9. The van der Waals surface area contributed by atoms with Crippen molar-refractivity contribution in [1.82, 2.24) is 0 Å². The lowest BCUT2D eigenvalue weighted by Gasteiger charge is -2.53. The molecule has 0 saturated heterocycles. The highest BCUT2D eigenvalue weighted by Gasteiger charge is 2.49. The maximum absolute atomic E-state index is 12.7. The summed E-state index contributed by atoms with van der Waals surface area (Å²) in [6.45, 7) is 4.65. The zero-order valence-electron chi connectivity index (χ0n) is 21.2. The van der Waals surface area contributed by atoms with Crippen LogP contribution in [-0.2, 0) is 4.79 Å². The van der Waals surface area contributed by atoms with E-state index in [-0.39, 0.29) is 0 Å². The van der Waals surface area contributed by atoms with Gasteiger partial charge in [0.1, 0.15) is 6.29 Å². The van der Waals surface area contributed by atoms with Gasteiger partial charge < -0.3 is 4.79 Å². The predicted molar refractivity (Wildman–Crippen MR) is 134 cm³/mol. The summed E-state index contributed by atoms with van der Waals surface area (Å²) in [6.07, 6.45) is 30.9. The van der Waals surface area contributed by atoms with E-state index < -0.39 is 0 Å². The molecule has 0 aromatic rings. The normalized spacial score (nSPS) is 33.8. The lowest BCUT2D eigenvalue weighted by Crippen LogP contribution is -2.46. The molecule has 3 aliphatic carbocycles. The van der Waals surface area contributed by atoms with Crippen LogP contribution in [0.2, 0.25) is 0 Å². The van der Waals surface area contributed by atoms with Crippen molar-refractivity contribution in [3.05, 3.63) is 0 Å². The molecule has 0 aliphatic heterocycles. The molecule has 1 unspecified atom stereocenters. The van der Waals surface area contributed by atoms with E-state index in [1.807, 2.05) is 0 Å². The Morgan fingerprint density at radius 3 is 1.97 bits per heavy atom. The van der Waals surface area contributed by atoms with Crippen LogP contribution in [0, 0.1) is 35.0 Å². The third-order valence-electron chi connectivity index (χ3n) is 10.1. The van der Waals surface area contributed by atoms with Gasteiger partial charge in [0, 0.05) is 5.92 Å². The van der Waals surface area contributed by atoms with Gasteiger partial charge in [-0.1, -0.05) is 97.3 Å². The van der Waals surface area contributed by atoms with Crippen LogP contribution in [0.5, 0.6) is 0 Å². The fourth-order valence-corrected chi connectivity index (χ4v) is 8.19. The highest BCUT2D eigenvalue weighted by Crippen LogP contribution is 2.57. The van der Waals surface area contributed by atoms with Crippen molar-refractivity contribution in [1.29, 1.82) is 0 Å². The molecular weight excluding hydrogens is 376 g/mol. The van der Waals surface area contributed by atoms with E-state index in [4.69, 9.17) is 0 Å². The molecule has 0 heterocycles. The van der Waals surface area contributed by atoms with E-state index in [2.05, 4.69) is 13.8 Å². The third-order valence-corrected chi connectivity index (χ3v) is 10.1. The third kappa shape index (κ3) is 6.83. The molecule has 3 rings (SSSR count). The lowest BCUT2D eigenvalue weighted by atomic mass is 9.51. The van der Waals surface area contributed by atoms with Crippen molar-refractivity contribution in [2.75, 3.05) is 0 Å². The van der Waals surface area contributed by atoms with Gasteiger partial charge in [-0.15, -0.1) is 0 Å². The second-order valence-electron chi connectivity index (χ2n) is 11.9. The van der Waals surface area contributed by atoms with Crippen molar-refractivity contribution >= 4 is 6.29 Å².